The number of rotatable bonds is 6. The normalized spacial score (nSPS) is 11.1. The minimum absolute atomic E-state index is 0.861. The van der Waals surface area contributed by atoms with Crippen LogP contribution in [0.2, 0.25) is 11.6 Å². The maximum atomic E-state index is 2.56. The monoisotopic (exact) mass is 153 g/mol. The summed E-state index contributed by atoms with van der Waals surface area (Å²) < 4.78 is 0. The van der Waals surface area contributed by atoms with Crippen LogP contribution in [0.1, 0.15) is 53.4 Å². The fourth-order valence-electron chi connectivity index (χ4n) is 1.51. The average Bonchev–Trinajstić information content (AvgIpc) is 2.07. The molecule has 0 unspecified atom stereocenters. The van der Waals surface area contributed by atoms with E-state index in [1.807, 2.05) is 0 Å². The first-order chi connectivity index (χ1) is 5.28. The summed E-state index contributed by atoms with van der Waals surface area (Å²) in [6.45, 7) is 9.14. The third kappa shape index (κ3) is 4.50. The molecule has 1 heteroatoms. The van der Waals surface area contributed by atoms with Crippen LogP contribution in [0.25, 0.3) is 0 Å². The van der Waals surface area contributed by atoms with Crippen molar-refractivity contribution >= 4 is 7.28 Å². The molecule has 0 nitrogen and oxygen atoms in total. The van der Waals surface area contributed by atoms with Gasteiger partial charge in [-0.2, -0.15) is 0 Å². The molecule has 11 heavy (non-hydrogen) atoms. The molecule has 1 radical (unpaired) electrons. The van der Waals surface area contributed by atoms with Crippen LogP contribution in [0.3, 0.4) is 0 Å². The van der Waals surface area contributed by atoms with E-state index in [1.54, 1.807) is 0 Å². The summed E-state index contributed by atoms with van der Waals surface area (Å²) in [6.07, 6.45) is 5.25. The van der Waals surface area contributed by atoms with E-state index in [0.717, 1.165) is 11.6 Å². The van der Waals surface area contributed by atoms with E-state index in [1.165, 1.54) is 25.7 Å². The molecule has 0 amide bonds. The lowest BCUT2D eigenvalue weighted by Gasteiger charge is -2.17. The fraction of sp³-hybridized carbons (Fsp3) is 1.00. The Morgan fingerprint density at radius 1 is 0.727 bits per heavy atom. The molecule has 0 saturated carbocycles. The van der Waals surface area contributed by atoms with E-state index in [-0.39, 0.29) is 0 Å². The van der Waals surface area contributed by atoms with Gasteiger partial charge in [0.05, 0.1) is 0 Å². The molecule has 0 bridgehead atoms. The highest BCUT2D eigenvalue weighted by molar-refractivity contribution is 6.39. The van der Waals surface area contributed by atoms with Gasteiger partial charge in [-0.05, 0) is 0 Å². The van der Waals surface area contributed by atoms with Crippen molar-refractivity contribution in [3.8, 4) is 0 Å². The minimum atomic E-state index is 0.861. The molecule has 0 aromatic rings. The topological polar surface area (TPSA) is 0 Å². The largest absolute Gasteiger partial charge is 0.117 e. The lowest BCUT2D eigenvalue weighted by molar-refractivity contribution is 0.699. The van der Waals surface area contributed by atoms with Gasteiger partial charge < -0.3 is 0 Å². The van der Waals surface area contributed by atoms with Crippen molar-refractivity contribution in [2.24, 2.45) is 0 Å². The molecule has 0 aromatic heterocycles. The Bertz CT molecular complexity index is 62.9. The zero-order valence-corrected chi connectivity index (χ0v) is 8.56. The second-order valence-electron chi connectivity index (χ2n) is 3.35. The molecule has 0 rings (SSSR count). The van der Waals surface area contributed by atoms with E-state index < -0.39 is 0 Å². The van der Waals surface area contributed by atoms with E-state index in [4.69, 9.17) is 0 Å². The molecule has 0 heterocycles. The molecule has 0 aliphatic heterocycles. The number of hydrogen-bond donors (Lipinski definition) is 0. The van der Waals surface area contributed by atoms with Crippen LogP contribution in [0, 0.1) is 0 Å². The summed E-state index contributed by atoms with van der Waals surface area (Å²) in [7, 11) is 2.56. The molecule has 0 N–H and O–H groups in total. The molecule has 0 aliphatic rings. The van der Waals surface area contributed by atoms with Gasteiger partial charge in [-0.25, -0.2) is 0 Å². The molecule has 65 valence electrons. The fourth-order valence-corrected chi connectivity index (χ4v) is 1.51. The smallest absolute Gasteiger partial charge is 0.0691 e. The first-order valence-corrected chi connectivity index (χ1v) is 5.13. The molecular weight excluding hydrogens is 131 g/mol. The maximum absolute atomic E-state index is 2.56. The summed E-state index contributed by atoms with van der Waals surface area (Å²) in [6, 6.07) is 0. The van der Waals surface area contributed by atoms with Crippen LogP contribution in [0.4, 0.5) is 0 Å². The van der Waals surface area contributed by atoms with Crippen molar-refractivity contribution in [2.75, 3.05) is 0 Å². The Labute approximate surface area is 73.0 Å². The van der Waals surface area contributed by atoms with Gasteiger partial charge in [0.2, 0.25) is 0 Å². The molecular formula is C10H22B. The standard InChI is InChI=1S/C10H22B/c1-5-9(6-2)11-10(7-3)8-4/h9-10H,5-8H2,1-4H3. The average molecular weight is 153 g/mol. The summed E-state index contributed by atoms with van der Waals surface area (Å²) in [5, 5.41) is 0. The Kier molecular flexibility index (Phi) is 6.80. The first-order valence-electron chi connectivity index (χ1n) is 5.13. The third-order valence-electron chi connectivity index (χ3n) is 2.64. The highest BCUT2D eigenvalue weighted by Crippen LogP contribution is 2.23. The molecule has 0 aliphatic carbocycles. The van der Waals surface area contributed by atoms with Crippen LogP contribution in [-0.2, 0) is 0 Å². The minimum Gasteiger partial charge on any atom is -0.0691 e. The molecule has 0 aromatic carbocycles. The van der Waals surface area contributed by atoms with Gasteiger partial charge in [-0.3, -0.25) is 0 Å². The van der Waals surface area contributed by atoms with Crippen LogP contribution < -0.4 is 0 Å². The van der Waals surface area contributed by atoms with Crippen LogP contribution in [0.5, 0.6) is 0 Å². The molecule has 0 saturated heterocycles. The second kappa shape index (κ2) is 6.76. The predicted molar refractivity (Wildman–Crippen MR) is 54.4 cm³/mol. The van der Waals surface area contributed by atoms with Crippen molar-refractivity contribution in [2.45, 2.75) is 65.0 Å². The highest BCUT2D eigenvalue weighted by atomic mass is 14.0. The van der Waals surface area contributed by atoms with Gasteiger partial charge in [-0.1, -0.05) is 65.0 Å². The van der Waals surface area contributed by atoms with Crippen molar-refractivity contribution in [3.05, 3.63) is 0 Å². The van der Waals surface area contributed by atoms with Crippen molar-refractivity contribution in [1.82, 2.24) is 0 Å². The van der Waals surface area contributed by atoms with Gasteiger partial charge in [0.25, 0.3) is 0 Å². The highest BCUT2D eigenvalue weighted by Gasteiger charge is 2.11. The first kappa shape index (κ1) is 11.1. The van der Waals surface area contributed by atoms with Gasteiger partial charge in [0.1, 0.15) is 7.28 Å². The van der Waals surface area contributed by atoms with E-state index in [2.05, 4.69) is 35.0 Å². The van der Waals surface area contributed by atoms with Gasteiger partial charge in [0.15, 0.2) is 0 Å². The van der Waals surface area contributed by atoms with Crippen LogP contribution >= 0.6 is 0 Å². The van der Waals surface area contributed by atoms with Crippen molar-refractivity contribution in [1.29, 1.82) is 0 Å². The Morgan fingerprint density at radius 2 is 1.00 bits per heavy atom. The van der Waals surface area contributed by atoms with Gasteiger partial charge in [0, 0.05) is 0 Å². The lowest BCUT2D eigenvalue weighted by Crippen LogP contribution is -2.08. The Balaban J connectivity index is 3.58. The third-order valence-corrected chi connectivity index (χ3v) is 2.64. The Hall–Kier alpha value is 0.0649. The number of hydrogen-bond acceptors (Lipinski definition) is 0. The molecule has 0 fully saturated rings. The van der Waals surface area contributed by atoms with E-state index in [9.17, 15) is 0 Å². The SMILES string of the molecule is CCC([B]C(CC)CC)CC. The predicted octanol–water partition coefficient (Wildman–Crippen LogP) is 3.91. The summed E-state index contributed by atoms with van der Waals surface area (Å²) in [4.78, 5) is 0. The van der Waals surface area contributed by atoms with Crippen molar-refractivity contribution < 1.29 is 0 Å². The van der Waals surface area contributed by atoms with E-state index in [0.29, 0.717) is 0 Å². The van der Waals surface area contributed by atoms with Crippen molar-refractivity contribution in [3.63, 3.8) is 0 Å². The zero-order chi connectivity index (χ0) is 8.69. The van der Waals surface area contributed by atoms with Crippen LogP contribution in [-0.4, -0.2) is 7.28 Å². The zero-order valence-electron chi connectivity index (χ0n) is 8.56. The Morgan fingerprint density at radius 3 is 1.18 bits per heavy atom. The maximum Gasteiger partial charge on any atom is 0.117 e. The molecule has 0 spiro atoms. The quantitative estimate of drug-likeness (QED) is 0.507. The van der Waals surface area contributed by atoms with E-state index >= 15 is 0 Å². The summed E-state index contributed by atoms with van der Waals surface area (Å²) in [5.74, 6) is 1.72. The summed E-state index contributed by atoms with van der Waals surface area (Å²) in [5.41, 5.74) is 0. The second-order valence-corrected chi connectivity index (χ2v) is 3.35. The summed E-state index contributed by atoms with van der Waals surface area (Å²) >= 11 is 0. The molecule has 0 atom stereocenters. The van der Waals surface area contributed by atoms with Gasteiger partial charge >= 0.3 is 0 Å². The lowest BCUT2D eigenvalue weighted by atomic mass is 9.52. The van der Waals surface area contributed by atoms with Crippen LogP contribution in [0.15, 0.2) is 0 Å². The van der Waals surface area contributed by atoms with Gasteiger partial charge in [-0.15, -0.1) is 0 Å².